The largest absolute Gasteiger partial charge is 0.320 e. The molecule has 0 spiro atoms. The fraction of sp³-hybridized carbons (Fsp3) is 0. The number of hydrogen-bond acceptors (Lipinski definition) is 4. The van der Waals surface area contributed by atoms with Crippen molar-refractivity contribution in [2.45, 2.75) is 0 Å². The maximum atomic E-state index is 13.0. The first-order valence-electron chi connectivity index (χ1n) is 8.45. The molecule has 3 aromatic rings. The van der Waals surface area contributed by atoms with Crippen LogP contribution < -0.4 is 5.32 Å². The zero-order valence-corrected chi connectivity index (χ0v) is 14.3. The lowest BCUT2D eigenvalue weighted by atomic mass is 10.0. The smallest absolute Gasteiger partial charge is 0.276 e. The molecule has 3 aromatic carbocycles. The van der Waals surface area contributed by atoms with Gasteiger partial charge in [-0.25, -0.2) is 0 Å². The van der Waals surface area contributed by atoms with Gasteiger partial charge in [0.05, 0.1) is 5.69 Å². The first-order chi connectivity index (χ1) is 13.2. The van der Waals surface area contributed by atoms with Crippen LogP contribution in [0.5, 0.6) is 0 Å². The van der Waals surface area contributed by atoms with E-state index in [9.17, 15) is 9.59 Å². The predicted octanol–water partition coefficient (Wildman–Crippen LogP) is 3.72. The van der Waals surface area contributed by atoms with E-state index in [0.717, 1.165) is 0 Å². The average molecular weight is 353 g/mol. The molecule has 1 amide bonds. The number of fused-ring (bicyclic) bond motifs is 1. The van der Waals surface area contributed by atoms with Gasteiger partial charge in [0.25, 0.3) is 5.91 Å². The molecular formula is C22H15N3O2. The van der Waals surface area contributed by atoms with Gasteiger partial charge >= 0.3 is 0 Å². The number of hydrogen-bond donors (Lipinski definition) is 1. The first-order valence-corrected chi connectivity index (χ1v) is 8.45. The Labute approximate surface area is 156 Å². The van der Waals surface area contributed by atoms with Gasteiger partial charge in [-0.3, -0.25) is 9.59 Å². The minimum Gasteiger partial charge on any atom is -0.320 e. The van der Waals surface area contributed by atoms with Crippen molar-refractivity contribution in [2.75, 3.05) is 5.32 Å². The van der Waals surface area contributed by atoms with Crippen LogP contribution in [-0.2, 0) is 4.79 Å². The number of ketones is 1. The molecule has 0 saturated carbocycles. The molecule has 0 saturated heterocycles. The predicted molar refractivity (Wildman–Crippen MR) is 105 cm³/mol. The van der Waals surface area contributed by atoms with Crippen LogP contribution in [0.15, 0.2) is 95.1 Å². The van der Waals surface area contributed by atoms with Crippen molar-refractivity contribution in [3.05, 3.63) is 102 Å². The highest BCUT2D eigenvalue weighted by atomic mass is 16.2. The Morgan fingerprint density at radius 3 is 2.04 bits per heavy atom. The zero-order valence-electron chi connectivity index (χ0n) is 14.3. The van der Waals surface area contributed by atoms with Crippen LogP contribution in [0.4, 0.5) is 5.69 Å². The van der Waals surface area contributed by atoms with Crippen LogP contribution in [0.25, 0.3) is 0 Å². The number of benzene rings is 3. The maximum absolute atomic E-state index is 13.0. The molecule has 27 heavy (non-hydrogen) atoms. The van der Waals surface area contributed by atoms with E-state index < -0.39 is 0 Å². The Hall–Kier alpha value is -3.86. The number of carbonyl (C=O) groups excluding carboxylic acids is 2. The van der Waals surface area contributed by atoms with Gasteiger partial charge in [0.15, 0.2) is 5.71 Å². The average Bonchev–Trinajstić information content (AvgIpc) is 3.05. The van der Waals surface area contributed by atoms with Crippen molar-refractivity contribution >= 4 is 28.8 Å². The monoisotopic (exact) mass is 353 g/mol. The molecule has 0 atom stereocenters. The number of para-hydroxylation sites is 1. The first kappa shape index (κ1) is 16.6. The minimum atomic E-state index is -0.334. The van der Waals surface area contributed by atoms with Crippen LogP contribution in [0.2, 0.25) is 0 Å². The molecule has 5 heteroatoms. The lowest BCUT2D eigenvalue weighted by Crippen LogP contribution is -2.17. The number of nitrogens with zero attached hydrogens (tertiary/aromatic N) is 2. The molecule has 0 bridgehead atoms. The Morgan fingerprint density at radius 1 is 0.741 bits per heavy atom. The van der Waals surface area contributed by atoms with E-state index in [2.05, 4.69) is 15.5 Å². The van der Waals surface area contributed by atoms with E-state index in [4.69, 9.17) is 0 Å². The van der Waals surface area contributed by atoms with Gasteiger partial charge in [-0.05, 0) is 6.07 Å². The van der Waals surface area contributed by atoms with Crippen LogP contribution in [0.1, 0.15) is 21.5 Å². The molecule has 1 aliphatic heterocycles. The van der Waals surface area contributed by atoms with Crippen molar-refractivity contribution in [1.82, 2.24) is 0 Å². The molecule has 5 nitrogen and oxygen atoms in total. The number of carbonyl (C=O) groups is 2. The normalized spacial score (nSPS) is 14.7. The highest BCUT2D eigenvalue weighted by Gasteiger charge is 2.26. The number of nitrogens with one attached hydrogen (secondary N) is 1. The SMILES string of the molecule is O=C1Nc2ccccc2/C1=N\N=C(\C(=O)c1ccccc1)c1ccccc1. The van der Waals surface area contributed by atoms with E-state index in [1.165, 1.54) is 0 Å². The lowest BCUT2D eigenvalue weighted by Gasteiger charge is -2.05. The quantitative estimate of drug-likeness (QED) is 0.441. The third-order valence-electron chi connectivity index (χ3n) is 4.19. The Morgan fingerprint density at radius 2 is 1.33 bits per heavy atom. The fourth-order valence-electron chi connectivity index (χ4n) is 2.86. The zero-order chi connectivity index (χ0) is 18.6. The van der Waals surface area contributed by atoms with E-state index in [-0.39, 0.29) is 23.1 Å². The molecule has 130 valence electrons. The Kier molecular flexibility index (Phi) is 4.41. The van der Waals surface area contributed by atoms with E-state index >= 15 is 0 Å². The molecule has 1 heterocycles. The summed E-state index contributed by atoms with van der Waals surface area (Å²) in [5.41, 5.74) is 2.89. The summed E-state index contributed by atoms with van der Waals surface area (Å²) in [6, 6.07) is 25.2. The standard InChI is InChI=1S/C22H15N3O2/c26-21(16-11-5-2-6-12-16)19(15-9-3-1-4-10-15)24-25-20-17-13-7-8-14-18(17)23-22(20)27/h1-14H,(H,23,25,27)/b24-19+. The summed E-state index contributed by atoms with van der Waals surface area (Å²) < 4.78 is 0. The number of Topliss-reactive ketones (excluding diaryl/α,β-unsaturated/α-hetero) is 1. The minimum absolute atomic E-state index is 0.187. The highest BCUT2D eigenvalue weighted by molar-refractivity contribution is 6.54. The van der Waals surface area contributed by atoms with E-state index in [1.807, 2.05) is 36.4 Å². The maximum Gasteiger partial charge on any atom is 0.276 e. The Balaban J connectivity index is 1.80. The van der Waals surface area contributed by atoms with E-state index in [1.54, 1.807) is 48.5 Å². The summed E-state index contributed by atoms with van der Waals surface area (Å²) in [7, 11) is 0. The molecule has 4 rings (SSSR count). The van der Waals surface area contributed by atoms with Crippen LogP contribution >= 0.6 is 0 Å². The highest BCUT2D eigenvalue weighted by Crippen LogP contribution is 2.23. The van der Waals surface area contributed by atoms with Gasteiger partial charge in [-0.15, -0.1) is 10.2 Å². The van der Waals surface area contributed by atoms with Crippen LogP contribution in [-0.4, -0.2) is 23.1 Å². The number of amides is 1. The molecule has 0 aliphatic carbocycles. The molecule has 0 aromatic heterocycles. The summed E-state index contributed by atoms with van der Waals surface area (Å²) in [6.45, 7) is 0. The summed E-state index contributed by atoms with van der Waals surface area (Å²) in [6.07, 6.45) is 0. The molecular weight excluding hydrogens is 338 g/mol. The fourth-order valence-corrected chi connectivity index (χ4v) is 2.86. The van der Waals surface area contributed by atoms with Crippen LogP contribution in [0, 0.1) is 0 Å². The second-order valence-corrected chi connectivity index (χ2v) is 5.96. The molecule has 0 fully saturated rings. The third kappa shape index (κ3) is 3.30. The topological polar surface area (TPSA) is 70.9 Å². The second-order valence-electron chi connectivity index (χ2n) is 5.96. The van der Waals surface area contributed by atoms with E-state index in [0.29, 0.717) is 22.4 Å². The molecule has 1 N–H and O–H groups in total. The van der Waals surface area contributed by atoms with Crippen molar-refractivity contribution < 1.29 is 9.59 Å². The van der Waals surface area contributed by atoms with Gasteiger partial charge in [0, 0.05) is 16.7 Å². The van der Waals surface area contributed by atoms with Crippen molar-refractivity contribution in [3.8, 4) is 0 Å². The third-order valence-corrected chi connectivity index (χ3v) is 4.19. The summed E-state index contributed by atoms with van der Waals surface area (Å²) in [5.74, 6) is -0.586. The molecule has 0 radical (unpaired) electrons. The van der Waals surface area contributed by atoms with Crippen molar-refractivity contribution in [2.24, 2.45) is 10.2 Å². The number of anilines is 1. The van der Waals surface area contributed by atoms with Crippen molar-refractivity contribution in [3.63, 3.8) is 0 Å². The van der Waals surface area contributed by atoms with Crippen LogP contribution in [0.3, 0.4) is 0 Å². The van der Waals surface area contributed by atoms with Gasteiger partial charge in [-0.1, -0.05) is 78.9 Å². The number of rotatable bonds is 4. The lowest BCUT2D eigenvalue weighted by molar-refractivity contribution is -0.110. The summed E-state index contributed by atoms with van der Waals surface area (Å²) in [4.78, 5) is 25.2. The summed E-state index contributed by atoms with van der Waals surface area (Å²) >= 11 is 0. The molecule has 0 unspecified atom stereocenters. The Bertz CT molecular complexity index is 1070. The van der Waals surface area contributed by atoms with Gasteiger partial charge in [-0.2, -0.15) is 0 Å². The van der Waals surface area contributed by atoms with Gasteiger partial charge < -0.3 is 5.32 Å². The second kappa shape index (κ2) is 7.17. The summed E-state index contributed by atoms with van der Waals surface area (Å²) in [5, 5.41) is 11.1. The van der Waals surface area contributed by atoms with Crippen molar-refractivity contribution in [1.29, 1.82) is 0 Å². The van der Waals surface area contributed by atoms with Gasteiger partial charge in [0.1, 0.15) is 5.71 Å². The molecule has 1 aliphatic rings. The van der Waals surface area contributed by atoms with Gasteiger partial charge in [0.2, 0.25) is 5.78 Å².